The highest BCUT2D eigenvalue weighted by Crippen LogP contribution is 2.25. The first kappa shape index (κ1) is 14.5. The number of hydrogen-bond donors (Lipinski definition) is 3. The van der Waals surface area contributed by atoms with E-state index in [9.17, 15) is 4.79 Å². The van der Waals surface area contributed by atoms with E-state index in [2.05, 4.69) is 5.32 Å². The Hall–Kier alpha value is -0.610. The Balaban J connectivity index is 2.08. The molecule has 0 aromatic rings. The topological polar surface area (TPSA) is 75.4 Å². The zero-order chi connectivity index (χ0) is 12.5. The standard InChI is InChI=1S/C13H26N2O2/c14-9-4-2-1-3-8-13(17)15-12-7-5-6-11(12)10-16/h11-12,16H,1-10,14H2,(H,15,17). The lowest BCUT2D eigenvalue weighted by molar-refractivity contribution is -0.122. The average Bonchev–Trinajstić information content (AvgIpc) is 2.76. The number of rotatable bonds is 8. The van der Waals surface area contributed by atoms with Crippen LogP contribution in [0, 0.1) is 5.92 Å². The molecular formula is C13H26N2O2. The fourth-order valence-corrected chi connectivity index (χ4v) is 2.51. The van der Waals surface area contributed by atoms with Gasteiger partial charge in [-0.05, 0) is 32.2 Å². The Morgan fingerprint density at radius 2 is 2.00 bits per heavy atom. The van der Waals surface area contributed by atoms with Crippen LogP contribution in [0.5, 0.6) is 0 Å². The van der Waals surface area contributed by atoms with Gasteiger partial charge < -0.3 is 16.2 Å². The third-order valence-corrected chi connectivity index (χ3v) is 3.60. The summed E-state index contributed by atoms with van der Waals surface area (Å²) in [6, 6.07) is 0.205. The van der Waals surface area contributed by atoms with Crippen molar-refractivity contribution in [2.45, 2.75) is 57.4 Å². The highest BCUT2D eigenvalue weighted by atomic mass is 16.3. The van der Waals surface area contributed by atoms with E-state index in [-0.39, 0.29) is 24.5 Å². The Morgan fingerprint density at radius 3 is 2.71 bits per heavy atom. The summed E-state index contributed by atoms with van der Waals surface area (Å²) in [5.74, 6) is 0.416. The van der Waals surface area contributed by atoms with Crippen LogP contribution in [-0.4, -0.2) is 30.2 Å². The van der Waals surface area contributed by atoms with Crippen LogP contribution in [0.1, 0.15) is 51.4 Å². The van der Waals surface area contributed by atoms with Gasteiger partial charge in [-0.3, -0.25) is 4.79 Å². The molecule has 1 fully saturated rings. The van der Waals surface area contributed by atoms with Crippen molar-refractivity contribution < 1.29 is 9.90 Å². The highest BCUT2D eigenvalue weighted by Gasteiger charge is 2.27. The predicted octanol–water partition coefficient (Wildman–Crippen LogP) is 1.17. The largest absolute Gasteiger partial charge is 0.396 e. The maximum atomic E-state index is 11.7. The first-order chi connectivity index (χ1) is 8.27. The minimum Gasteiger partial charge on any atom is -0.396 e. The number of aliphatic hydroxyl groups is 1. The maximum absolute atomic E-state index is 11.7. The second kappa shape index (κ2) is 8.48. The second-order valence-corrected chi connectivity index (χ2v) is 5.00. The molecule has 1 saturated carbocycles. The van der Waals surface area contributed by atoms with Gasteiger partial charge in [0, 0.05) is 25.0 Å². The smallest absolute Gasteiger partial charge is 0.220 e. The third-order valence-electron chi connectivity index (χ3n) is 3.60. The van der Waals surface area contributed by atoms with E-state index in [4.69, 9.17) is 10.8 Å². The third kappa shape index (κ3) is 5.50. The number of unbranched alkanes of at least 4 members (excludes halogenated alkanes) is 3. The molecule has 17 heavy (non-hydrogen) atoms. The van der Waals surface area contributed by atoms with Crippen LogP contribution in [0.15, 0.2) is 0 Å². The molecule has 0 saturated heterocycles. The highest BCUT2D eigenvalue weighted by molar-refractivity contribution is 5.76. The molecule has 0 heterocycles. The number of aliphatic hydroxyl groups excluding tert-OH is 1. The van der Waals surface area contributed by atoms with E-state index in [1.165, 1.54) is 0 Å². The van der Waals surface area contributed by atoms with Crippen molar-refractivity contribution in [3.8, 4) is 0 Å². The molecule has 0 spiro atoms. The molecular weight excluding hydrogens is 216 g/mol. The zero-order valence-electron chi connectivity index (χ0n) is 10.7. The van der Waals surface area contributed by atoms with E-state index in [0.717, 1.165) is 51.5 Å². The van der Waals surface area contributed by atoms with Gasteiger partial charge in [-0.25, -0.2) is 0 Å². The molecule has 0 aliphatic heterocycles. The molecule has 0 aromatic heterocycles. The Morgan fingerprint density at radius 1 is 1.24 bits per heavy atom. The van der Waals surface area contributed by atoms with Gasteiger partial charge in [0.2, 0.25) is 5.91 Å². The van der Waals surface area contributed by atoms with Crippen molar-refractivity contribution in [1.82, 2.24) is 5.32 Å². The number of amides is 1. The lowest BCUT2D eigenvalue weighted by Gasteiger charge is -2.18. The molecule has 2 atom stereocenters. The number of carbonyl (C=O) groups excluding carboxylic acids is 1. The van der Waals surface area contributed by atoms with Crippen LogP contribution in [0.25, 0.3) is 0 Å². The van der Waals surface area contributed by atoms with Crippen molar-refractivity contribution in [2.75, 3.05) is 13.2 Å². The molecule has 0 bridgehead atoms. The summed E-state index contributed by atoms with van der Waals surface area (Å²) in [5.41, 5.74) is 5.41. The minimum absolute atomic E-state index is 0.142. The number of nitrogens with two attached hydrogens (primary N) is 1. The molecule has 4 heteroatoms. The van der Waals surface area contributed by atoms with Crippen LogP contribution >= 0.6 is 0 Å². The summed E-state index contributed by atoms with van der Waals surface area (Å²) in [6.07, 6.45) is 7.98. The molecule has 0 aromatic carbocycles. The van der Waals surface area contributed by atoms with Crippen LogP contribution < -0.4 is 11.1 Å². The number of hydrogen-bond acceptors (Lipinski definition) is 3. The van der Waals surface area contributed by atoms with Crippen molar-refractivity contribution in [2.24, 2.45) is 11.7 Å². The molecule has 1 aliphatic carbocycles. The lowest BCUT2D eigenvalue weighted by atomic mass is 10.0. The van der Waals surface area contributed by atoms with Gasteiger partial charge in [-0.2, -0.15) is 0 Å². The fourth-order valence-electron chi connectivity index (χ4n) is 2.51. The Kier molecular flexibility index (Phi) is 7.21. The molecule has 1 amide bonds. The normalized spacial score (nSPS) is 23.9. The Bertz CT molecular complexity index is 221. The summed E-state index contributed by atoms with van der Waals surface area (Å²) in [4.78, 5) is 11.7. The lowest BCUT2D eigenvalue weighted by Crippen LogP contribution is -2.38. The molecule has 0 radical (unpaired) electrons. The van der Waals surface area contributed by atoms with Gasteiger partial charge in [0.15, 0.2) is 0 Å². The van der Waals surface area contributed by atoms with Gasteiger partial charge in [0.1, 0.15) is 0 Å². The first-order valence-corrected chi connectivity index (χ1v) is 6.88. The van der Waals surface area contributed by atoms with Gasteiger partial charge in [-0.1, -0.05) is 19.3 Å². The monoisotopic (exact) mass is 242 g/mol. The summed E-state index contributed by atoms with van der Waals surface area (Å²) in [7, 11) is 0. The molecule has 4 nitrogen and oxygen atoms in total. The number of carbonyl (C=O) groups is 1. The van der Waals surface area contributed by atoms with E-state index >= 15 is 0 Å². The molecule has 2 unspecified atom stereocenters. The number of nitrogens with one attached hydrogen (secondary N) is 1. The summed E-state index contributed by atoms with van der Waals surface area (Å²) < 4.78 is 0. The molecule has 4 N–H and O–H groups in total. The summed E-state index contributed by atoms with van der Waals surface area (Å²) >= 11 is 0. The SMILES string of the molecule is NCCCCCCC(=O)NC1CCCC1CO. The van der Waals surface area contributed by atoms with E-state index in [0.29, 0.717) is 6.42 Å². The van der Waals surface area contributed by atoms with Crippen LogP contribution in [-0.2, 0) is 4.79 Å². The van der Waals surface area contributed by atoms with Gasteiger partial charge in [0.05, 0.1) is 0 Å². The Labute approximate surface area is 104 Å². The van der Waals surface area contributed by atoms with Crippen molar-refractivity contribution in [3.63, 3.8) is 0 Å². The predicted molar refractivity (Wildman–Crippen MR) is 68.5 cm³/mol. The van der Waals surface area contributed by atoms with Crippen LogP contribution in [0.2, 0.25) is 0 Å². The summed E-state index contributed by atoms with van der Waals surface area (Å²) in [5, 5.41) is 12.2. The first-order valence-electron chi connectivity index (χ1n) is 6.88. The van der Waals surface area contributed by atoms with Crippen molar-refractivity contribution in [1.29, 1.82) is 0 Å². The second-order valence-electron chi connectivity index (χ2n) is 5.00. The maximum Gasteiger partial charge on any atom is 0.220 e. The van der Waals surface area contributed by atoms with Crippen molar-refractivity contribution in [3.05, 3.63) is 0 Å². The fraction of sp³-hybridized carbons (Fsp3) is 0.923. The molecule has 100 valence electrons. The average molecular weight is 242 g/mol. The molecule has 1 aliphatic rings. The minimum atomic E-state index is 0.142. The zero-order valence-corrected chi connectivity index (χ0v) is 10.7. The van der Waals surface area contributed by atoms with Gasteiger partial charge in [0.25, 0.3) is 0 Å². The van der Waals surface area contributed by atoms with E-state index in [1.807, 2.05) is 0 Å². The van der Waals surface area contributed by atoms with E-state index in [1.54, 1.807) is 0 Å². The van der Waals surface area contributed by atoms with Crippen molar-refractivity contribution >= 4 is 5.91 Å². The quantitative estimate of drug-likeness (QED) is 0.559. The van der Waals surface area contributed by atoms with Gasteiger partial charge in [-0.15, -0.1) is 0 Å². The summed E-state index contributed by atoms with van der Waals surface area (Å²) in [6.45, 7) is 0.938. The van der Waals surface area contributed by atoms with Crippen LogP contribution in [0.4, 0.5) is 0 Å². The van der Waals surface area contributed by atoms with E-state index < -0.39 is 0 Å². The van der Waals surface area contributed by atoms with Crippen LogP contribution in [0.3, 0.4) is 0 Å². The van der Waals surface area contributed by atoms with Gasteiger partial charge >= 0.3 is 0 Å². The molecule has 1 rings (SSSR count).